The summed E-state index contributed by atoms with van der Waals surface area (Å²) in [6.07, 6.45) is 1.67. The molecule has 0 saturated carbocycles. The minimum absolute atomic E-state index is 0.160. The Hall–Kier alpha value is -1.88. The molecule has 0 bridgehead atoms. The van der Waals surface area contributed by atoms with Gasteiger partial charge in [0.15, 0.2) is 5.69 Å². The van der Waals surface area contributed by atoms with E-state index in [2.05, 4.69) is 4.98 Å². The first kappa shape index (κ1) is 9.67. The zero-order valence-corrected chi connectivity index (χ0v) is 8.17. The number of ether oxygens (including phenoxy) is 1. The Balaban J connectivity index is 2.69. The highest BCUT2D eigenvalue weighted by Gasteiger charge is 2.17. The van der Waals surface area contributed by atoms with Crippen molar-refractivity contribution in [2.75, 3.05) is 7.11 Å². The van der Waals surface area contributed by atoms with Gasteiger partial charge in [-0.15, -0.1) is 0 Å². The Morgan fingerprint density at radius 3 is 3.07 bits per heavy atom. The SMILES string of the molecule is COCc1nc2ccccn2c1C(=O)O. The van der Waals surface area contributed by atoms with E-state index < -0.39 is 5.97 Å². The van der Waals surface area contributed by atoms with E-state index in [0.29, 0.717) is 11.3 Å². The number of fused-ring (bicyclic) bond motifs is 1. The predicted octanol–water partition coefficient (Wildman–Crippen LogP) is 1.18. The van der Waals surface area contributed by atoms with Gasteiger partial charge in [0.2, 0.25) is 0 Å². The first-order valence-corrected chi connectivity index (χ1v) is 4.42. The number of rotatable bonds is 3. The third-order valence-electron chi connectivity index (χ3n) is 2.09. The lowest BCUT2D eigenvalue weighted by Crippen LogP contribution is -2.05. The Labute approximate surface area is 85.9 Å². The molecule has 5 heteroatoms. The van der Waals surface area contributed by atoms with Crippen LogP contribution in [0.5, 0.6) is 0 Å². The number of imidazole rings is 1. The van der Waals surface area contributed by atoms with Gasteiger partial charge < -0.3 is 9.84 Å². The zero-order chi connectivity index (χ0) is 10.8. The molecule has 0 aliphatic heterocycles. The minimum Gasteiger partial charge on any atom is -0.477 e. The van der Waals surface area contributed by atoms with Crippen LogP contribution in [0.3, 0.4) is 0 Å². The average Bonchev–Trinajstić information content (AvgIpc) is 2.56. The highest BCUT2D eigenvalue weighted by Crippen LogP contribution is 2.13. The topological polar surface area (TPSA) is 63.8 Å². The molecule has 0 aliphatic carbocycles. The lowest BCUT2D eigenvalue weighted by atomic mass is 10.3. The summed E-state index contributed by atoms with van der Waals surface area (Å²) in [6, 6.07) is 5.33. The van der Waals surface area contributed by atoms with Gasteiger partial charge in [-0.25, -0.2) is 9.78 Å². The molecule has 2 rings (SSSR count). The van der Waals surface area contributed by atoms with Crippen LogP contribution in [0.1, 0.15) is 16.2 Å². The molecule has 15 heavy (non-hydrogen) atoms. The van der Waals surface area contributed by atoms with Gasteiger partial charge in [-0.1, -0.05) is 6.07 Å². The van der Waals surface area contributed by atoms with Crippen molar-refractivity contribution in [2.24, 2.45) is 0 Å². The van der Waals surface area contributed by atoms with Crippen molar-refractivity contribution < 1.29 is 14.6 Å². The number of carboxylic acids is 1. The molecule has 0 aliphatic rings. The molecule has 5 nitrogen and oxygen atoms in total. The van der Waals surface area contributed by atoms with Gasteiger partial charge in [0, 0.05) is 13.3 Å². The smallest absolute Gasteiger partial charge is 0.354 e. The van der Waals surface area contributed by atoms with E-state index in [-0.39, 0.29) is 12.3 Å². The number of methoxy groups -OCH3 is 1. The van der Waals surface area contributed by atoms with Crippen LogP contribution in [-0.4, -0.2) is 27.6 Å². The molecule has 2 aromatic heterocycles. The van der Waals surface area contributed by atoms with Gasteiger partial charge in [-0.2, -0.15) is 0 Å². The van der Waals surface area contributed by atoms with Crippen molar-refractivity contribution in [3.05, 3.63) is 35.8 Å². The molecule has 2 aromatic rings. The fourth-order valence-corrected chi connectivity index (χ4v) is 1.51. The maximum atomic E-state index is 11.1. The summed E-state index contributed by atoms with van der Waals surface area (Å²) in [5, 5.41) is 9.06. The van der Waals surface area contributed by atoms with Gasteiger partial charge >= 0.3 is 5.97 Å². The van der Waals surface area contributed by atoms with Crippen LogP contribution in [0.2, 0.25) is 0 Å². The Morgan fingerprint density at radius 2 is 2.40 bits per heavy atom. The molecule has 0 aromatic carbocycles. The summed E-state index contributed by atoms with van der Waals surface area (Å²) in [7, 11) is 1.51. The first-order chi connectivity index (χ1) is 7.24. The molecule has 0 radical (unpaired) electrons. The first-order valence-electron chi connectivity index (χ1n) is 4.42. The Kier molecular flexibility index (Phi) is 2.39. The largest absolute Gasteiger partial charge is 0.477 e. The van der Waals surface area contributed by atoms with Crippen molar-refractivity contribution in [1.29, 1.82) is 0 Å². The summed E-state index contributed by atoms with van der Waals surface area (Å²) < 4.78 is 6.45. The van der Waals surface area contributed by atoms with Crippen LogP contribution in [-0.2, 0) is 11.3 Å². The molecule has 2 heterocycles. The van der Waals surface area contributed by atoms with Crippen molar-refractivity contribution in [1.82, 2.24) is 9.38 Å². The van der Waals surface area contributed by atoms with E-state index in [1.807, 2.05) is 6.07 Å². The van der Waals surface area contributed by atoms with E-state index in [0.717, 1.165) is 0 Å². The monoisotopic (exact) mass is 206 g/mol. The third kappa shape index (κ3) is 1.57. The quantitative estimate of drug-likeness (QED) is 0.818. The van der Waals surface area contributed by atoms with Gasteiger partial charge in [0.05, 0.1) is 6.61 Å². The number of hydrogen-bond acceptors (Lipinski definition) is 3. The lowest BCUT2D eigenvalue weighted by molar-refractivity contribution is 0.0683. The maximum absolute atomic E-state index is 11.1. The molecule has 0 unspecified atom stereocenters. The molecular weight excluding hydrogens is 196 g/mol. The minimum atomic E-state index is -0.999. The number of hydrogen-bond donors (Lipinski definition) is 1. The summed E-state index contributed by atoms with van der Waals surface area (Å²) in [6.45, 7) is 0.198. The van der Waals surface area contributed by atoms with Crippen LogP contribution in [0, 0.1) is 0 Å². The number of pyridine rings is 1. The molecule has 1 N–H and O–H groups in total. The highest BCUT2D eigenvalue weighted by molar-refractivity contribution is 5.88. The van der Waals surface area contributed by atoms with Crippen LogP contribution in [0.4, 0.5) is 0 Å². The summed E-state index contributed by atoms with van der Waals surface area (Å²) in [5.41, 5.74) is 1.21. The fourth-order valence-electron chi connectivity index (χ4n) is 1.51. The highest BCUT2D eigenvalue weighted by atomic mass is 16.5. The lowest BCUT2D eigenvalue weighted by Gasteiger charge is -1.97. The molecular formula is C10H10N2O3. The van der Waals surface area contributed by atoms with E-state index in [1.165, 1.54) is 11.5 Å². The molecule has 0 amide bonds. The number of nitrogens with zero attached hydrogens (tertiary/aromatic N) is 2. The second-order valence-corrected chi connectivity index (χ2v) is 3.07. The molecule has 0 spiro atoms. The van der Waals surface area contributed by atoms with Gasteiger partial charge in [0.1, 0.15) is 11.3 Å². The van der Waals surface area contributed by atoms with Crippen LogP contribution in [0.15, 0.2) is 24.4 Å². The van der Waals surface area contributed by atoms with Crippen molar-refractivity contribution >= 4 is 11.6 Å². The number of carbonyl (C=O) groups is 1. The summed E-state index contributed by atoms with van der Waals surface area (Å²) in [4.78, 5) is 15.2. The van der Waals surface area contributed by atoms with Gasteiger partial charge in [-0.05, 0) is 12.1 Å². The predicted molar refractivity (Wildman–Crippen MR) is 52.9 cm³/mol. The second-order valence-electron chi connectivity index (χ2n) is 3.07. The van der Waals surface area contributed by atoms with E-state index >= 15 is 0 Å². The third-order valence-corrected chi connectivity index (χ3v) is 2.09. The molecule has 0 saturated heterocycles. The molecule has 78 valence electrons. The normalized spacial score (nSPS) is 10.7. The van der Waals surface area contributed by atoms with Gasteiger partial charge in [-0.3, -0.25) is 4.40 Å². The maximum Gasteiger partial charge on any atom is 0.354 e. The van der Waals surface area contributed by atoms with Crippen LogP contribution in [0.25, 0.3) is 5.65 Å². The zero-order valence-electron chi connectivity index (χ0n) is 8.17. The summed E-state index contributed by atoms with van der Waals surface area (Å²) in [5.74, 6) is -0.999. The standard InChI is InChI=1S/C10H10N2O3/c1-15-6-7-9(10(13)14)12-5-3-2-4-8(12)11-7/h2-5H,6H2,1H3,(H,13,14). The number of aromatic nitrogens is 2. The van der Waals surface area contributed by atoms with E-state index in [9.17, 15) is 4.79 Å². The molecule has 0 atom stereocenters. The second kappa shape index (κ2) is 3.70. The summed E-state index contributed by atoms with van der Waals surface area (Å²) >= 11 is 0. The van der Waals surface area contributed by atoms with Gasteiger partial charge in [0.25, 0.3) is 0 Å². The fraction of sp³-hybridized carbons (Fsp3) is 0.200. The van der Waals surface area contributed by atoms with Crippen LogP contribution >= 0.6 is 0 Å². The number of aromatic carboxylic acids is 1. The van der Waals surface area contributed by atoms with Crippen molar-refractivity contribution in [3.8, 4) is 0 Å². The van der Waals surface area contributed by atoms with Crippen molar-refractivity contribution in [3.63, 3.8) is 0 Å². The van der Waals surface area contributed by atoms with Crippen molar-refractivity contribution in [2.45, 2.75) is 6.61 Å². The van der Waals surface area contributed by atoms with Crippen LogP contribution < -0.4 is 0 Å². The van der Waals surface area contributed by atoms with E-state index in [1.54, 1.807) is 18.3 Å². The Bertz CT molecular complexity index is 504. The average molecular weight is 206 g/mol. The van der Waals surface area contributed by atoms with E-state index in [4.69, 9.17) is 9.84 Å². The Morgan fingerprint density at radius 1 is 1.60 bits per heavy atom. The molecule has 0 fully saturated rings. The number of carboxylic acid groups (broad SMARTS) is 1.